The highest BCUT2D eigenvalue weighted by molar-refractivity contribution is 5.94. The molecule has 0 saturated heterocycles. The maximum atomic E-state index is 12.4. The van der Waals surface area contributed by atoms with Crippen LogP contribution in [0.3, 0.4) is 0 Å². The van der Waals surface area contributed by atoms with E-state index in [1.54, 1.807) is 12.1 Å². The van der Waals surface area contributed by atoms with Crippen LogP contribution in [0.5, 0.6) is 0 Å². The van der Waals surface area contributed by atoms with E-state index in [1.807, 2.05) is 0 Å². The van der Waals surface area contributed by atoms with Crippen LogP contribution < -0.4 is 17.2 Å². The molecule has 6 atom stereocenters. The molecule has 4 aliphatic rings. The minimum absolute atomic E-state index is 0.203. The zero-order chi connectivity index (χ0) is 13.1. The fourth-order valence-corrected chi connectivity index (χ4v) is 5.98. The summed E-state index contributed by atoms with van der Waals surface area (Å²) in [5.41, 5.74) is 21.3. The van der Waals surface area contributed by atoms with Gasteiger partial charge in [-0.25, -0.2) is 0 Å². The normalized spacial score (nSPS) is 48.0. The van der Waals surface area contributed by atoms with Gasteiger partial charge in [0.05, 0.1) is 0 Å². The van der Waals surface area contributed by atoms with Crippen molar-refractivity contribution in [1.82, 2.24) is 0 Å². The topological polar surface area (TPSA) is 95.1 Å². The monoisotopic (exact) mass is 255 g/mol. The molecule has 0 amide bonds. The fourth-order valence-electron chi connectivity index (χ4n) is 5.98. The van der Waals surface area contributed by atoms with Crippen molar-refractivity contribution >= 4 is 22.8 Å². The smallest absolute Gasteiger partial charge is 0.140 e. The van der Waals surface area contributed by atoms with Crippen LogP contribution in [0.1, 0.15) is 24.3 Å². The summed E-state index contributed by atoms with van der Waals surface area (Å²) >= 11 is 0. The number of ketones is 1. The van der Waals surface area contributed by atoms with Crippen LogP contribution in [-0.2, 0) is 4.79 Å². The molecule has 98 valence electrons. The quantitative estimate of drug-likeness (QED) is 0.660. The largest absolute Gasteiger partial charge is 0.399 e. The molecule has 1 aromatic carbocycles. The molecule has 4 aliphatic carbocycles. The summed E-state index contributed by atoms with van der Waals surface area (Å²) in [5.74, 6) is 2.72. The van der Waals surface area contributed by atoms with E-state index < -0.39 is 0 Å². The van der Waals surface area contributed by atoms with Crippen molar-refractivity contribution in [1.29, 1.82) is 0 Å². The number of hydrogen-bond acceptors (Lipinski definition) is 4. The highest BCUT2D eigenvalue weighted by Crippen LogP contribution is 2.91. The van der Waals surface area contributed by atoms with Crippen molar-refractivity contribution in [2.24, 2.45) is 29.1 Å². The van der Waals surface area contributed by atoms with Crippen molar-refractivity contribution in [3.8, 4) is 0 Å². The lowest BCUT2D eigenvalue weighted by Gasteiger charge is -2.40. The number of benzene rings is 1. The van der Waals surface area contributed by atoms with Gasteiger partial charge in [0.2, 0.25) is 0 Å². The van der Waals surface area contributed by atoms with Crippen LogP contribution >= 0.6 is 0 Å². The zero-order valence-corrected chi connectivity index (χ0v) is 10.6. The lowest BCUT2D eigenvalue weighted by atomic mass is 9.62. The Morgan fingerprint density at radius 1 is 1.16 bits per heavy atom. The molecule has 4 nitrogen and oxygen atoms in total. The Kier molecular flexibility index (Phi) is 1.38. The maximum Gasteiger partial charge on any atom is 0.140 e. The molecule has 1 spiro atoms. The number of carbonyl (C=O) groups is 1. The first-order valence-corrected chi connectivity index (χ1v) is 7.04. The minimum atomic E-state index is 0.203. The summed E-state index contributed by atoms with van der Waals surface area (Å²) in [5, 5.41) is 0. The van der Waals surface area contributed by atoms with Gasteiger partial charge >= 0.3 is 0 Å². The standard InChI is InChI=1S/C15H17N3O/c16-6-2-8(17)10(9(18)3-6)11-12-7-1-5-4-15(7,12)13(11)14(5)19/h2-3,5,7,11-13H,1,4,16-18H2/t5-,7?,11?,12-,13-,15+/m1/s1. The molecule has 0 aromatic heterocycles. The third kappa shape index (κ3) is 0.830. The second-order valence-corrected chi connectivity index (χ2v) is 6.90. The predicted molar refractivity (Wildman–Crippen MR) is 73.1 cm³/mol. The molecule has 4 fully saturated rings. The van der Waals surface area contributed by atoms with Crippen LogP contribution in [0.15, 0.2) is 12.1 Å². The van der Waals surface area contributed by atoms with Gasteiger partial charge in [-0.3, -0.25) is 4.79 Å². The van der Waals surface area contributed by atoms with Crippen LogP contribution in [0.25, 0.3) is 0 Å². The number of carbonyl (C=O) groups excluding carboxylic acids is 1. The molecule has 0 heterocycles. The molecular formula is C15H17N3O. The Morgan fingerprint density at radius 3 is 2.53 bits per heavy atom. The second kappa shape index (κ2) is 2.60. The summed E-state index contributed by atoms with van der Waals surface area (Å²) in [6.07, 6.45) is 2.25. The Labute approximate surface area is 111 Å². The second-order valence-electron chi connectivity index (χ2n) is 6.90. The third-order valence-corrected chi connectivity index (χ3v) is 6.41. The fraction of sp³-hybridized carbons (Fsp3) is 0.533. The molecule has 2 bridgehead atoms. The molecule has 4 saturated carbocycles. The van der Waals surface area contributed by atoms with E-state index in [4.69, 9.17) is 17.2 Å². The Morgan fingerprint density at radius 2 is 1.84 bits per heavy atom. The number of nitrogen functional groups attached to an aromatic ring is 3. The van der Waals surface area contributed by atoms with E-state index in [1.165, 1.54) is 0 Å². The Hall–Kier alpha value is -1.71. The molecule has 2 unspecified atom stereocenters. The number of hydrogen-bond donors (Lipinski definition) is 3. The lowest BCUT2D eigenvalue weighted by Crippen LogP contribution is -2.38. The van der Waals surface area contributed by atoms with Crippen molar-refractivity contribution < 1.29 is 4.79 Å². The molecule has 5 rings (SSSR count). The summed E-state index contributed by atoms with van der Waals surface area (Å²) in [4.78, 5) is 12.4. The van der Waals surface area contributed by atoms with E-state index >= 15 is 0 Å². The van der Waals surface area contributed by atoms with Gasteiger partial charge in [0.1, 0.15) is 5.78 Å². The Bertz CT molecular complexity index is 632. The summed E-state index contributed by atoms with van der Waals surface area (Å²) in [7, 11) is 0. The van der Waals surface area contributed by atoms with Crippen molar-refractivity contribution in [3.05, 3.63) is 17.7 Å². The number of Topliss-reactive ketones (excluding diaryl/α,β-unsaturated/α-hetero) is 1. The number of fused-ring (bicyclic) bond motifs is 2. The summed E-state index contributed by atoms with van der Waals surface area (Å²) < 4.78 is 0. The first-order chi connectivity index (χ1) is 9.05. The molecule has 6 N–H and O–H groups in total. The SMILES string of the molecule is Nc1cc(N)c(C2[C@H]3C4C[C@@H]5C[C@]43[C@H]2C5=O)c(N)c1. The third-order valence-electron chi connectivity index (χ3n) is 6.41. The summed E-state index contributed by atoms with van der Waals surface area (Å²) in [6, 6.07) is 3.55. The van der Waals surface area contributed by atoms with Gasteiger partial charge in [0, 0.05) is 40.4 Å². The minimum Gasteiger partial charge on any atom is -0.399 e. The molecule has 0 aliphatic heterocycles. The first kappa shape index (κ1) is 10.1. The average molecular weight is 255 g/mol. The lowest BCUT2D eigenvalue weighted by molar-refractivity contribution is -0.128. The Balaban J connectivity index is 1.65. The van der Waals surface area contributed by atoms with Gasteiger partial charge in [-0.2, -0.15) is 0 Å². The molecule has 4 heteroatoms. The molecule has 1 aromatic rings. The van der Waals surface area contributed by atoms with Crippen LogP contribution in [0.2, 0.25) is 0 Å². The van der Waals surface area contributed by atoms with Crippen LogP contribution in [0.4, 0.5) is 17.1 Å². The van der Waals surface area contributed by atoms with Crippen LogP contribution in [-0.4, -0.2) is 5.78 Å². The highest BCUT2D eigenvalue weighted by atomic mass is 16.1. The van der Waals surface area contributed by atoms with E-state index in [9.17, 15) is 4.79 Å². The number of rotatable bonds is 1. The van der Waals surface area contributed by atoms with Gasteiger partial charge < -0.3 is 17.2 Å². The van der Waals surface area contributed by atoms with Crippen LogP contribution in [0, 0.1) is 29.1 Å². The van der Waals surface area contributed by atoms with Gasteiger partial charge in [-0.1, -0.05) is 0 Å². The van der Waals surface area contributed by atoms with Crippen molar-refractivity contribution in [2.45, 2.75) is 18.8 Å². The van der Waals surface area contributed by atoms with E-state index in [0.717, 1.165) is 24.3 Å². The zero-order valence-electron chi connectivity index (χ0n) is 10.6. The van der Waals surface area contributed by atoms with Gasteiger partial charge in [0.15, 0.2) is 0 Å². The molecule has 19 heavy (non-hydrogen) atoms. The predicted octanol–water partition coefficient (Wildman–Crippen LogP) is 1.37. The maximum absolute atomic E-state index is 12.4. The van der Waals surface area contributed by atoms with Crippen molar-refractivity contribution in [3.63, 3.8) is 0 Å². The van der Waals surface area contributed by atoms with Gasteiger partial charge in [-0.05, 0) is 42.2 Å². The van der Waals surface area contributed by atoms with E-state index in [-0.39, 0.29) is 11.8 Å². The molecule has 0 radical (unpaired) electrons. The molecular weight excluding hydrogens is 238 g/mol. The van der Waals surface area contributed by atoms with Crippen molar-refractivity contribution in [2.75, 3.05) is 17.2 Å². The highest BCUT2D eigenvalue weighted by Gasteiger charge is 2.89. The summed E-state index contributed by atoms with van der Waals surface area (Å²) in [6.45, 7) is 0. The van der Waals surface area contributed by atoms with Gasteiger partial charge in [0.25, 0.3) is 0 Å². The van der Waals surface area contributed by atoms with E-state index in [0.29, 0.717) is 40.1 Å². The number of anilines is 3. The number of nitrogens with two attached hydrogens (primary N) is 3. The van der Waals surface area contributed by atoms with E-state index in [2.05, 4.69) is 0 Å². The van der Waals surface area contributed by atoms with Gasteiger partial charge in [-0.15, -0.1) is 0 Å². The first-order valence-electron chi connectivity index (χ1n) is 7.04. The average Bonchev–Trinajstić information content (AvgIpc) is 2.58.